The number of amides is 3. The first kappa shape index (κ1) is 20.3. The Hall–Kier alpha value is -3.06. The second-order valence-electron chi connectivity index (χ2n) is 6.62. The van der Waals surface area contributed by atoms with Crippen LogP contribution >= 0.6 is 11.6 Å². The van der Waals surface area contributed by atoms with Crippen molar-refractivity contribution in [1.82, 2.24) is 10.9 Å². The van der Waals surface area contributed by atoms with Crippen molar-refractivity contribution in [2.75, 3.05) is 5.32 Å². The second-order valence-corrected chi connectivity index (χ2v) is 7.06. The van der Waals surface area contributed by atoms with E-state index in [1.165, 1.54) is 18.2 Å². The minimum atomic E-state index is -0.606. The van der Waals surface area contributed by atoms with Crippen LogP contribution < -0.4 is 16.2 Å². The van der Waals surface area contributed by atoms with Crippen LogP contribution in [0.5, 0.6) is 0 Å². The third-order valence-electron chi connectivity index (χ3n) is 3.17. The first-order valence-electron chi connectivity index (χ1n) is 8.10. The zero-order valence-electron chi connectivity index (χ0n) is 15.1. The molecule has 0 heterocycles. The molecule has 3 N–H and O–H groups in total. The van der Waals surface area contributed by atoms with Gasteiger partial charge in [0.25, 0.3) is 11.8 Å². The molecule has 8 heteroatoms. The van der Waals surface area contributed by atoms with Gasteiger partial charge in [-0.2, -0.15) is 0 Å². The van der Waals surface area contributed by atoms with Gasteiger partial charge in [-0.1, -0.05) is 17.7 Å². The van der Waals surface area contributed by atoms with Crippen LogP contribution in [0.3, 0.4) is 0 Å². The number of anilines is 1. The molecule has 27 heavy (non-hydrogen) atoms. The van der Waals surface area contributed by atoms with E-state index < -0.39 is 23.5 Å². The average Bonchev–Trinajstić information content (AvgIpc) is 2.58. The van der Waals surface area contributed by atoms with E-state index in [0.717, 1.165) is 0 Å². The maximum atomic E-state index is 12.1. The molecule has 142 valence electrons. The maximum Gasteiger partial charge on any atom is 0.412 e. The third-order valence-corrected chi connectivity index (χ3v) is 3.40. The molecule has 0 unspecified atom stereocenters. The number of carbonyl (C=O) groups is 3. The zero-order valence-corrected chi connectivity index (χ0v) is 15.9. The van der Waals surface area contributed by atoms with Gasteiger partial charge >= 0.3 is 6.09 Å². The van der Waals surface area contributed by atoms with Gasteiger partial charge in [0, 0.05) is 21.8 Å². The fraction of sp³-hybridized carbons (Fsp3) is 0.211. The highest BCUT2D eigenvalue weighted by molar-refractivity contribution is 6.31. The van der Waals surface area contributed by atoms with Gasteiger partial charge in [0.05, 0.1) is 0 Å². The second kappa shape index (κ2) is 8.55. The van der Waals surface area contributed by atoms with Crippen LogP contribution in [0, 0.1) is 0 Å². The highest BCUT2D eigenvalue weighted by atomic mass is 35.5. The number of halogens is 1. The molecule has 0 saturated carbocycles. The Morgan fingerprint density at radius 2 is 1.48 bits per heavy atom. The van der Waals surface area contributed by atoms with Crippen molar-refractivity contribution < 1.29 is 19.1 Å². The number of carbonyl (C=O) groups excluding carboxylic acids is 3. The Morgan fingerprint density at radius 3 is 2.04 bits per heavy atom. The van der Waals surface area contributed by atoms with E-state index >= 15 is 0 Å². The van der Waals surface area contributed by atoms with Gasteiger partial charge in [-0.05, 0) is 63.2 Å². The molecule has 0 spiro atoms. The predicted molar refractivity (Wildman–Crippen MR) is 103 cm³/mol. The van der Waals surface area contributed by atoms with Gasteiger partial charge < -0.3 is 4.74 Å². The fourth-order valence-electron chi connectivity index (χ4n) is 2.01. The molecule has 0 aliphatic carbocycles. The summed E-state index contributed by atoms with van der Waals surface area (Å²) in [5.41, 5.74) is 5.12. The average molecular weight is 390 g/mol. The summed E-state index contributed by atoms with van der Waals surface area (Å²) in [6.45, 7) is 5.28. The Kier molecular flexibility index (Phi) is 6.41. The summed E-state index contributed by atoms with van der Waals surface area (Å²) in [6.07, 6.45) is -0.589. The van der Waals surface area contributed by atoms with Crippen molar-refractivity contribution in [2.45, 2.75) is 26.4 Å². The van der Waals surface area contributed by atoms with E-state index in [4.69, 9.17) is 16.3 Å². The lowest BCUT2D eigenvalue weighted by atomic mass is 10.2. The summed E-state index contributed by atoms with van der Waals surface area (Å²) in [5.74, 6) is -0.997. The standard InChI is InChI=1S/C19H20ClN3O4/c1-19(2,3)27-18(26)21-15-9-7-12(8-10-15)16(24)22-23-17(25)13-5-4-6-14(20)11-13/h4-11H,1-3H3,(H,21,26)(H,22,24)(H,23,25). The van der Waals surface area contributed by atoms with Crippen molar-refractivity contribution in [3.05, 3.63) is 64.7 Å². The van der Waals surface area contributed by atoms with Gasteiger partial charge in [-0.25, -0.2) is 4.79 Å². The smallest absolute Gasteiger partial charge is 0.412 e. The quantitative estimate of drug-likeness (QED) is 0.696. The van der Waals surface area contributed by atoms with Crippen molar-refractivity contribution in [3.8, 4) is 0 Å². The number of rotatable bonds is 3. The normalized spacial score (nSPS) is 10.7. The molecule has 0 aromatic heterocycles. The molecule has 3 amide bonds. The summed E-state index contributed by atoms with van der Waals surface area (Å²) in [5, 5.41) is 2.99. The van der Waals surface area contributed by atoms with E-state index in [-0.39, 0.29) is 0 Å². The van der Waals surface area contributed by atoms with Crippen molar-refractivity contribution in [1.29, 1.82) is 0 Å². The molecular formula is C19H20ClN3O4. The molecule has 0 radical (unpaired) electrons. The van der Waals surface area contributed by atoms with E-state index in [1.807, 2.05) is 0 Å². The minimum absolute atomic E-state index is 0.302. The summed E-state index contributed by atoms with van der Waals surface area (Å²) in [7, 11) is 0. The van der Waals surface area contributed by atoms with Crippen LogP contribution in [0.25, 0.3) is 0 Å². The Morgan fingerprint density at radius 1 is 0.889 bits per heavy atom. The minimum Gasteiger partial charge on any atom is -0.444 e. The zero-order chi connectivity index (χ0) is 20.0. The van der Waals surface area contributed by atoms with Crippen molar-refractivity contribution >= 4 is 35.2 Å². The van der Waals surface area contributed by atoms with Crippen LogP contribution in [0.4, 0.5) is 10.5 Å². The number of benzene rings is 2. The highest BCUT2D eigenvalue weighted by Gasteiger charge is 2.16. The molecule has 0 aliphatic heterocycles. The molecule has 2 rings (SSSR count). The summed E-state index contributed by atoms with van der Waals surface area (Å²) in [6, 6.07) is 12.5. The highest BCUT2D eigenvalue weighted by Crippen LogP contribution is 2.13. The van der Waals surface area contributed by atoms with Crippen LogP contribution in [-0.4, -0.2) is 23.5 Å². The number of nitrogens with one attached hydrogen (secondary N) is 3. The third kappa shape index (κ3) is 6.63. The van der Waals surface area contributed by atoms with E-state index in [1.54, 1.807) is 51.1 Å². The molecule has 0 bridgehead atoms. The molecule has 0 aliphatic rings. The molecule has 0 atom stereocenters. The topological polar surface area (TPSA) is 96.5 Å². The van der Waals surface area contributed by atoms with Gasteiger partial charge in [-0.3, -0.25) is 25.8 Å². The Bertz CT molecular complexity index is 845. The molecule has 0 fully saturated rings. The summed E-state index contributed by atoms with van der Waals surface area (Å²) >= 11 is 5.83. The number of hydrazine groups is 1. The van der Waals surface area contributed by atoms with Crippen LogP contribution in [-0.2, 0) is 4.74 Å². The van der Waals surface area contributed by atoms with Gasteiger partial charge in [0.15, 0.2) is 0 Å². The Balaban J connectivity index is 1.90. The number of hydrogen-bond donors (Lipinski definition) is 3. The lowest BCUT2D eigenvalue weighted by molar-refractivity contribution is 0.0635. The van der Waals surface area contributed by atoms with Gasteiger partial charge in [0.1, 0.15) is 5.60 Å². The van der Waals surface area contributed by atoms with Crippen molar-refractivity contribution in [2.24, 2.45) is 0 Å². The van der Waals surface area contributed by atoms with Crippen LogP contribution in [0.1, 0.15) is 41.5 Å². The molecule has 0 saturated heterocycles. The molecular weight excluding hydrogens is 370 g/mol. The molecule has 2 aromatic carbocycles. The first-order chi connectivity index (χ1) is 12.6. The predicted octanol–water partition coefficient (Wildman–Crippen LogP) is 3.76. The molecule has 2 aromatic rings. The van der Waals surface area contributed by atoms with E-state index in [9.17, 15) is 14.4 Å². The van der Waals surface area contributed by atoms with Crippen molar-refractivity contribution in [3.63, 3.8) is 0 Å². The summed E-state index contributed by atoms with van der Waals surface area (Å²) in [4.78, 5) is 35.8. The number of hydrogen-bond acceptors (Lipinski definition) is 4. The van der Waals surface area contributed by atoms with Gasteiger partial charge in [0.2, 0.25) is 0 Å². The fourth-order valence-corrected chi connectivity index (χ4v) is 2.20. The Labute approximate surface area is 162 Å². The SMILES string of the molecule is CC(C)(C)OC(=O)Nc1ccc(C(=O)NNC(=O)c2cccc(Cl)c2)cc1. The first-order valence-corrected chi connectivity index (χ1v) is 8.48. The van der Waals surface area contributed by atoms with Crippen LogP contribution in [0.2, 0.25) is 5.02 Å². The van der Waals surface area contributed by atoms with E-state index in [0.29, 0.717) is 21.8 Å². The lowest BCUT2D eigenvalue weighted by Gasteiger charge is -2.19. The summed E-state index contributed by atoms with van der Waals surface area (Å²) < 4.78 is 5.15. The monoisotopic (exact) mass is 389 g/mol. The number of ether oxygens (including phenoxy) is 1. The van der Waals surface area contributed by atoms with Crippen LogP contribution in [0.15, 0.2) is 48.5 Å². The maximum absolute atomic E-state index is 12.1. The molecule has 7 nitrogen and oxygen atoms in total. The van der Waals surface area contributed by atoms with Gasteiger partial charge in [-0.15, -0.1) is 0 Å². The lowest BCUT2D eigenvalue weighted by Crippen LogP contribution is -2.41. The largest absolute Gasteiger partial charge is 0.444 e. The van der Waals surface area contributed by atoms with E-state index in [2.05, 4.69) is 16.2 Å².